The lowest BCUT2D eigenvalue weighted by molar-refractivity contribution is -0.120. The molecule has 24 heavy (non-hydrogen) atoms. The van der Waals surface area contributed by atoms with Crippen molar-refractivity contribution in [1.29, 1.82) is 0 Å². The Morgan fingerprint density at radius 2 is 2.29 bits per heavy atom. The molecule has 6 nitrogen and oxygen atoms in total. The van der Waals surface area contributed by atoms with E-state index in [1.54, 1.807) is 17.5 Å². The van der Waals surface area contributed by atoms with Crippen molar-refractivity contribution in [1.82, 2.24) is 20.3 Å². The molecule has 7 heteroatoms. The quantitative estimate of drug-likeness (QED) is 0.899. The summed E-state index contributed by atoms with van der Waals surface area (Å²) in [5, 5.41) is 3.92. The highest BCUT2D eigenvalue weighted by molar-refractivity contribution is 7.11. The number of carbonyl (C=O) groups is 1. The van der Waals surface area contributed by atoms with Crippen LogP contribution in [0, 0.1) is 13.8 Å². The van der Waals surface area contributed by atoms with E-state index in [2.05, 4.69) is 20.3 Å². The molecule has 0 saturated carbocycles. The molecule has 1 fully saturated rings. The summed E-state index contributed by atoms with van der Waals surface area (Å²) in [4.78, 5) is 26.5. The number of ether oxygens (including phenoxy) is 1. The highest BCUT2D eigenvalue weighted by atomic mass is 32.1. The molecule has 128 valence electrons. The van der Waals surface area contributed by atoms with Gasteiger partial charge < -0.3 is 10.1 Å². The molecule has 0 spiro atoms. The van der Waals surface area contributed by atoms with Gasteiger partial charge in [0.1, 0.15) is 5.82 Å². The van der Waals surface area contributed by atoms with Crippen molar-refractivity contribution in [3.63, 3.8) is 0 Å². The first-order valence-electron chi connectivity index (χ1n) is 8.21. The van der Waals surface area contributed by atoms with E-state index in [4.69, 9.17) is 4.74 Å². The fraction of sp³-hybridized carbons (Fsp3) is 0.529. The highest BCUT2D eigenvalue weighted by Crippen LogP contribution is 2.22. The first-order chi connectivity index (χ1) is 11.6. The van der Waals surface area contributed by atoms with Gasteiger partial charge in [0.2, 0.25) is 5.91 Å². The third-order valence-corrected chi connectivity index (χ3v) is 5.12. The van der Waals surface area contributed by atoms with Gasteiger partial charge in [0.15, 0.2) is 0 Å². The Morgan fingerprint density at radius 1 is 1.42 bits per heavy atom. The first-order valence-corrected chi connectivity index (χ1v) is 9.02. The van der Waals surface area contributed by atoms with Gasteiger partial charge in [0.25, 0.3) is 0 Å². The molecule has 1 aliphatic rings. The number of rotatable bonds is 5. The standard InChI is InChI=1S/C17H22N4O2S/c1-11-15(24-12(2)20-11)8-16(22)19-9-14-5-6-18-17(21-14)13-4-3-7-23-10-13/h5-6,13H,3-4,7-10H2,1-2H3,(H,19,22). The van der Waals surface area contributed by atoms with Gasteiger partial charge in [-0.05, 0) is 32.8 Å². The topological polar surface area (TPSA) is 77.0 Å². The summed E-state index contributed by atoms with van der Waals surface area (Å²) in [5.74, 6) is 1.07. The maximum atomic E-state index is 12.1. The molecule has 3 rings (SSSR count). The molecule has 1 saturated heterocycles. The number of aryl methyl sites for hydroxylation is 2. The van der Waals surface area contributed by atoms with Crippen LogP contribution in [0.3, 0.4) is 0 Å². The molecule has 1 unspecified atom stereocenters. The largest absolute Gasteiger partial charge is 0.381 e. The summed E-state index contributed by atoms with van der Waals surface area (Å²) in [5.41, 5.74) is 1.77. The van der Waals surface area contributed by atoms with Crippen molar-refractivity contribution in [3.05, 3.63) is 39.4 Å². The Labute approximate surface area is 145 Å². The average Bonchev–Trinajstić information content (AvgIpc) is 2.91. The van der Waals surface area contributed by atoms with Crippen LogP contribution in [0.1, 0.15) is 45.9 Å². The summed E-state index contributed by atoms with van der Waals surface area (Å²) in [7, 11) is 0. The summed E-state index contributed by atoms with van der Waals surface area (Å²) in [6.07, 6.45) is 4.23. The van der Waals surface area contributed by atoms with E-state index >= 15 is 0 Å². The number of nitrogens with zero attached hydrogens (tertiary/aromatic N) is 3. The maximum Gasteiger partial charge on any atom is 0.225 e. The normalized spacial score (nSPS) is 17.7. The molecule has 1 N–H and O–H groups in total. The molecule has 2 aromatic heterocycles. The van der Waals surface area contributed by atoms with E-state index in [0.29, 0.717) is 19.6 Å². The number of hydrogen-bond acceptors (Lipinski definition) is 6. The minimum atomic E-state index is -0.0112. The molecule has 0 bridgehead atoms. The zero-order chi connectivity index (χ0) is 16.9. The van der Waals surface area contributed by atoms with Gasteiger partial charge in [-0.25, -0.2) is 15.0 Å². The number of aromatic nitrogens is 3. The zero-order valence-corrected chi connectivity index (χ0v) is 14.9. The highest BCUT2D eigenvalue weighted by Gasteiger charge is 2.19. The van der Waals surface area contributed by atoms with Crippen LogP contribution in [0.15, 0.2) is 12.3 Å². The fourth-order valence-corrected chi connectivity index (χ4v) is 3.72. The molecule has 1 atom stereocenters. The number of nitrogens with one attached hydrogen (secondary N) is 1. The average molecular weight is 346 g/mol. The van der Waals surface area contributed by atoms with Crippen LogP contribution in [-0.2, 0) is 22.5 Å². The van der Waals surface area contributed by atoms with E-state index in [0.717, 1.165) is 46.5 Å². The number of thiazole rings is 1. The summed E-state index contributed by atoms with van der Waals surface area (Å²) in [6.45, 7) is 5.81. The summed E-state index contributed by atoms with van der Waals surface area (Å²) in [6, 6.07) is 1.84. The van der Waals surface area contributed by atoms with E-state index in [9.17, 15) is 4.79 Å². The molecule has 3 heterocycles. The van der Waals surface area contributed by atoms with Crippen LogP contribution in [0.25, 0.3) is 0 Å². The van der Waals surface area contributed by atoms with E-state index in [-0.39, 0.29) is 11.8 Å². The minimum Gasteiger partial charge on any atom is -0.381 e. The van der Waals surface area contributed by atoms with E-state index in [1.165, 1.54) is 0 Å². The van der Waals surface area contributed by atoms with Gasteiger partial charge in [-0.1, -0.05) is 0 Å². The Hall–Kier alpha value is -1.86. The fourth-order valence-electron chi connectivity index (χ4n) is 2.79. The van der Waals surface area contributed by atoms with Crippen molar-refractivity contribution >= 4 is 17.2 Å². The van der Waals surface area contributed by atoms with Gasteiger partial charge in [-0.15, -0.1) is 11.3 Å². The molecule has 0 radical (unpaired) electrons. The molecule has 0 aliphatic carbocycles. The van der Waals surface area contributed by atoms with E-state index in [1.807, 2.05) is 19.9 Å². The van der Waals surface area contributed by atoms with Crippen LogP contribution in [0.2, 0.25) is 0 Å². The summed E-state index contributed by atoms with van der Waals surface area (Å²) < 4.78 is 5.50. The second-order valence-electron chi connectivity index (χ2n) is 6.02. The number of amides is 1. The molecular formula is C17H22N4O2S. The Bertz CT molecular complexity index is 710. The Kier molecular flexibility index (Phi) is 5.52. The van der Waals surface area contributed by atoms with Crippen LogP contribution in [0.4, 0.5) is 0 Å². The van der Waals surface area contributed by atoms with Gasteiger partial charge in [-0.2, -0.15) is 0 Å². The van der Waals surface area contributed by atoms with Crippen molar-refractivity contribution in [2.75, 3.05) is 13.2 Å². The molecule has 1 amide bonds. The van der Waals surface area contributed by atoms with Gasteiger partial charge >= 0.3 is 0 Å². The Balaban J connectivity index is 1.56. The zero-order valence-electron chi connectivity index (χ0n) is 14.0. The van der Waals surface area contributed by atoms with Crippen LogP contribution in [0.5, 0.6) is 0 Å². The Morgan fingerprint density at radius 3 is 3.00 bits per heavy atom. The first kappa shape index (κ1) is 17.0. The van der Waals surface area contributed by atoms with Crippen molar-refractivity contribution in [2.45, 2.75) is 45.6 Å². The van der Waals surface area contributed by atoms with E-state index < -0.39 is 0 Å². The predicted molar refractivity (Wildman–Crippen MR) is 92.0 cm³/mol. The smallest absolute Gasteiger partial charge is 0.225 e. The van der Waals surface area contributed by atoms with Crippen LogP contribution >= 0.6 is 11.3 Å². The van der Waals surface area contributed by atoms with Gasteiger partial charge in [0, 0.05) is 23.6 Å². The summed E-state index contributed by atoms with van der Waals surface area (Å²) >= 11 is 1.57. The van der Waals surface area contributed by atoms with Crippen LogP contribution < -0.4 is 5.32 Å². The monoisotopic (exact) mass is 346 g/mol. The molecular weight excluding hydrogens is 324 g/mol. The molecule has 2 aromatic rings. The lowest BCUT2D eigenvalue weighted by atomic mass is 10.0. The predicted octanol–water partition coefficient (Wildman–Crippen LogP) is 2.30. The lowest BCUT2D eigenvalue weighted by Gasteiger charge is -2.20. The van der Waals surface area contributed by atoms with Crippen molar-refractivity contribution in [3.8, 4) is 0 Å². The van der Waals surface area contributed by atoms with Crippen molar-refractivity contribution in [2.24, 2.45) is 0 Å². The number of carbonyl (C=O) groups excluding carboxylic acids is 1. The molecule has 0 aromatic carbocycles. The second kappa shape index (κ2) is 7.81. The number of hydrogen-bond donors (Lipinski definition) is 1. The second-order valence-corrected chi connectivity index (χ2v) is 7.30. The lowest BCUT2D eigenvalue weighted by Crippen LogP contribution is -2.25. The maximum absolute atomic E-state index is 12.1. The third-order valence-electron chi connectivity index (χ3n) is 4.04. The molecule has 1 aliphatic heterocycles. The van der Waals surface area contributed by atoms with Crippen molar-refractivity contribution < 1.29 is 9.53 Å². The SMILES string of the molecule is Cc1nc(C)c(CC(=O)NCc2ccnc(C3CCCOC3)n2)s1. The van der Waals surface area contributed by atoms with Gasteiger partial charge in [0.05, 0.1) is 36.0 Å². The van der Waals surface area contributed by atoms with Crippen LogP contribution in [-0.4, -0.2) is 34.1 Å². The minimum absolute atomic E-state index is 0.0112. The third kappa shape index (κ3) is 4.36. The van der Waals surface area contributed by atoms with Gasteiger partial charge in [-0.3, -0.25) is 4.79 Å².